The Hall–Kier alpha value is -1.98. The van der Waals surface area contributed by atoms with Gasteiger partial charge >= 0.3 is 0 Å². The van der Waals surface area contributed by atoms with Crippen LogP contribution in [0.1, 0.15) is 23.3 Å². The van der Waals surface area contributed by atoms with Gasteiger partial charge in [0.15, 0.2) is 0 Å². The predicted molar refractivity (Wildman–Crippen MR) is 86.8 cm³/mol. The third-order valence-electron chi connectivity index (χ3n) is 2.75. The highest BCUT2D eigenvalue weighted by Crippen LogP contribution is 2.30. The van der Waals surface area contributed by atoms with E-state index in [1.807, 2.05) is 24.3 Å². The van der Waals surface area contributed by atoms with Crippen LogP contribution in [0.3, 0.4) is 0 Å². The molecule has 0 spiro atoms. The topological polar surface area (TPSA) is 36.9 Å². The molecule has 0 aliphatic heterocycles. The van der Waals surface area contributed by atoms with Gasteiger partial charge in [-0.2, -0.15) is 0 Å². The Labute approximate surface area is 131 Å². The molecule has 0 amide bonds. The Kier molecular flexibility index (Phi) is 8.79. The molecule has 1 rings (SSSR count). The number of hydrogen-bond donors (Lipinski definition) is 0. The van der Waals surface area contributed by atoms with E-state index in [2.05, 4.69) is 26.3 Å². The lowest BCUT2D eigenvalue weighted by Gasteiger charge is -2.20. The van der Waals surface area contributed by atoms with Gasteiger partial charge in [0.05, 0.1) is 0 Å². The highest BCUT2D eigenvalue weighted by molar-refractivity contribution is 5.34. The monoisotopic (exact) mass is 302 g/mol. The summed E-state index contributed by atoms with van der Waals surface area (Å²) >= 11 is 0. The van der Waals surface area contributed by atoms with E-state index in [9.17, 15) is 0 Å². The highest BCUT2D eigenvalue weighted by atomic mass is 17.2. The largest absolute Gasteiger partial charge is 0.232 e. The summed E-state index contributed by atoms with van der Waals surface area (Å²) in [6.07, 6.45) is 5.61. The van der Waals surface area contributed by atoms with Crippen molar-refractivity contribution >= 4 is 0 Å². The molecule has 0 N–H and O–H groups in total. The molecular formula is C18H22O4. The Morgan fingerprint density at radius 2 is 1.18 bits per heavy atom. The summed E-state index contributed by atoms with van der Waals surface area (Å²) in [6, 6.07) is 7.62. The molecule has 1 aromatic carbocycles. The van der Waals surface area contributed by atoms with Crippen molar-refractivity contribution < 1.29 is 19.6 Å². The van der Waals surface area contributed by atoms with Crippen LogP contribution < -0.4 is 0 Å². The molecule has 4 heteroatoms. The molecule has 1 aromatic rings. The quantitative estimate of drug-likeness (QED) is 0.248. The lowest BCUT2D eigenvalue weighted by Crippen LogP contribution is -2.10. The Bertz CT molecular complexity index is 451. The maximum atomic E-state index is 5.34. The van der Waals surface area contributed by atoms with Crippen molar-refractivity contribution in [1.82, 2.24) is 0 Å². The average Bonchev–Trinajstić information content (AvgIpc) is 2.56. The first-order chi connectivity index (χ1) is 10.8. The number of benzene rings is 1. The van der Waals surface area contributed by atoms with E-state index in [-0.39, 0.29) is 13.2 Å². The van der Waals surface area contributed by atoms with Crippen molar-refractivity contribution in [1.29, 1.82) is 0 Å². The van der Waals surface area contributed by atoms with Crippen molar-refractivity contribution in [2.45, 2.75) is 12.2 Å². The van der Waals surface area contributed by atoms with Crippen LogP contribution in [0.2, 0.25) is 0 Å². The van der Waals surface area contributed by atoms with Gasteiger partial charge in [0, 0.05) is 0 Å². The van der Waals surface area contributed by atoms with Gasteiger partial charge in [-0.15, -0.1) is 26.3 Å². The molecule has 118 valence electrons. The van der Waals surface area contributed by atoms with Gasteiger partial charge in [-0.3, -0.25) is 0 Å². The first-order valence-corrected chi connectivity index (χ1v) is 6.90. The third kappa shape index (κ3) is 5.42. The van der Waals surface area contributed by atoms with Crippen molar-refractivity contribution in [3.63, 3.8) is 0 Å². The van der Waals surface area contributed by atoms with Gasteiger partial charge in [0.25, 0.3) is 0 Å². The molecular weight excluding hydrogens is 280 g/mol. The second kappa shape index (κ2) is 10.7. The minimum absolute atomic E-state index is 0.288. The minimum atomic E-state index is -0.443. The Balaban J connectivity index is 2.93. The zero-order valence-corrected chi connectivity index (χ0v) is 12.6. The minimum Gasteiger partial charge on any atom is -0.232 e. The zero-order chi connectivity index (χ0) is 16.2. The van der Waals surface area contributed by atoms with Crippen molar-refractivity contribution in [2.24, 2.45) is 0 Å². The molecule has 0 bridgehead atoms. The highest BCUT2D eigenvalue weighted by Gasteiger charge is 2.19. The van der Waals surface area contributed by atoms with Crippen LogP contribution in [0.4, 0.5) is 0 Å². The summed E-state index contributed by atoms with van der Waals surface area (Å²) in [7, 11) is 0. The molecule has 0 aliphatic carbocycles. The summed E-state index contributed by atoms with van der Waals surface area (Å²) < 4.78 is 0. The Morgan fingerprint density at radius 1 is 0.773 bits per heavy atom. The zero-order valence-electron chi connectivity index (χ0n) is 12.6. The molecule has 0 heterocycles. The lowest BCUT2D eigenvalue weighted by molar-refractivity contribution is -0.314. The maximum Gasteiger partial charge on any atom is 0.136 e. The molecule has 0 aromatic heterocycles. The van der Waals surface area contributed by atoms with Crippen LogP contribution in [0.15, 0.2) is 74.9 Å². The van der Waals surface area contributed by atoms with Gasteiger partial charge in [-0.25, -0.2) is 19.6 Å². The summed E-state index contributed by atoms with van der Waals surface area (Å²) in [5.41, 5.74) is 1.71. The fraction of sp³-hybridized carbons (Fsp3) is 0.222. The van der Waals surface area contributed by atoms with Gasteiger partial charge in [0.1, 0.15) is 25.4 Å². The number of hydrogen-bond acceptors (Lipinski definition) is 4. The van der Waals surface area contributed by atoms with Gasteiger partial charge in [-0.05, 0) is 11.1 Å². The van der Waals surface area contributed by atoms with Gasteiger partial charge in [0.2, 0.25) is 0 Å². The van der Waals surface area contributed by atoms with Crippen LogP contribution in [0.25, 0.3) is 0 Å². The van der Waals surface area contributed by atoms with Crippen LogP contribution in [0, 0.1) is 0 Å². The predicted octanol–water partition coefficient (Wildman–Crippen LogP) is 4.41. The van der Waals surface area contributed by atoms with E-state index < -0.39 is 12.2 Å². The van der Waals surface area contributed by atoms with E-state index in [4.69, 9.17) is 19.6 Å². The van der Waals surface area contributed by atoms with Crippen LogP contribution in [0.5, 0.6) is 0 Å². The first-order valence-electron chi connectivity index (χ1n) is 6.90. The van der Waals surface area contributed by atoms with E-state index >= 15 is 0 Å². The molecule has 0 saturated heterocycles. The Morgan fingerprint density at radius 3 is 1.50 bits per heavy atom. The third-order valence-corrected chi connectivity index (χ3v) is 2.75. The molecule has 22 heavy (non-hydrogen) atoms. The second-order valence-electron chi connectivity index (χ2n) is 4.28. The normalized spacial score (nSPS) is 13.1. The molecule has 2 unspecified atom stereocenters. The van der Waals surface area contributed by atoms with E-state index in [1.54, 1.807) is 24.3 Å². The second-order valence-corrected chi connectivity index (χ2v) is 4.28. The maximum absolute atomic E-state index is 5.34. The van der Waals surface area contributed by atoms with Crippen LogP contribution in [-0.4, -0.2) is 13.2 Å². The SMILES string of the molecule is C=CCOOC(C=C)c1ccccc1C(C=C)OOCC=C. The summed E-state index contributed by atoms with van der Waals surface area (Å²) in [6.45, 7) is 15.3. The lowest BCUT2D eigenvalue weighted by atomic mass is 9.98. The molecule has 0 aliphatic rings. The van der Waals surface area contributed by atoms with Crippen molar-refractivity contribution in [3.05, 3.63) is 86.0 Å². The molecule has 2 atom stereocenters. The smallest absolute Gasteiger partial charge is 0.136 e. The molecule has 4 nitrogen and oxygen atoms in total. The van der Waals surface area contributed by atoms with E-state index in [1.165, 1.54) is 0 Å². The summed E-state index contributed by atoms with van der Waals surface area (Å²) in [5, 5.41) is 0. The average molecular weight is 302 g/mol. The van der Waals surface area contributed by atoms with Gasteiger partial charge in [-0.1, -0.05) is 48.6 Å². The first kappa shape index (κ1) is 18.1. The molecule has 0 radical (unpaired) electrons. The van der Waals surface area contributed by atoms with Crippen molar-refractivity contribution in [2.75, 3.05) is 13.2 Å². The fourth-order valence-corrected chi connectivity index (χ4v) is 1.79. The number of rotatable bonds is 12. The fourth-order valence-electron chi connectivity index (χ4n) is 1.79. The van der Waals surface area contributed by atoms with E-state index in [0.717, 1.165) is 11.1 Å². The standard InChI is InChI=1S/C18H22O4/c1-5-13-19-21-17(7-3)15-11-9-10-12-16(15)18(8-4)22-20-14-6-2/h5-12,17-18H,1-4,13-14H2. The summed E-state index contributed by atoms with van der Waals surface area (Å²) in [5.74, 6) is 0. The van der Waals surface area contributed by atoms with Gasteiger partial charge < -0.3 is 0 Å². The molecule has 0 saturated carbocycles. The van der Waals surface area contributed by atoms with E-state index in [0.29, 0.717) is 0 Å². The van der Waals surface area contributed by atoms with Crippen LogP contribution in [-0.2, 0) is 19.6 Å². The molecule has 0 fully saturated rings. The van der Waals surface area contributed by atoms with Crippen molar-refractivity contribution in [3.8, 4) is 0 Å². The summed E-state index contributed by atoms with van der Waals surface area (Å²) in [4.78, 5) is 20.8. The van der Waals surface area contributed by atoms with Crippen LogP contribution >= 0.6 is 0 Å².